The van der Waals surface area contributed by atoms with E-state index in [9.17, 15) is 0 Å². The van der Waals surface area contributed by atoms with Crippen molar-refractivity contribution in [1.82, 2.24) is 4.98 Å². The van der Waals surface area contributed by atoms with Crippen molar-refractivity contribution in [3.8, 4) is 0 Å². The predicted octanol–water partition coefficient (Wildman–Crippen LogP) is 3.00. The Bertz CT molecular complexity index is 498. The zero-order valence-electron chi connectivity index (χ0n) is 9.56. The number of hydrogen-bond acceptors (Lipinski definition) is 4. The highest BCUT2D eigenvalue weighted by Gasteiger charge is 2.08. The fourth-order valence-corrected chi connectivity index (χ4v) is 2.92. The first kappa shape index (κ1) is 12.5. The highest BCUT2D eigenvalue weighted by Crippen LogP contribution is 2.24. The number of halogens is 1. The Balaban J connectivity index is 2.16. The van der Waals surface area contributed by atoms with Gasteiger partial charge in [-0.25, -0.2) is 0 Å². The second kappa shape index (κ2) is 5.62. The molecule has 0 bridgehead atoms. The first-order valence-electron chi connectivity index (χ1n) is 5.27. The molecule has 0 aliphatic carbocycles. The Hall–Kier alpha value is -0.910. The van der Waals surface area contributed by atoms with Gasteiger partial charge in [0.05, 0.1) is 15.7 Å². The van der Waals surface area contributed by atoms with E-state index in [0.717, 1.165) is 21.6 Å². The number of aromatic nitrogens is 1. The number of pyridine rings is 1. The largest absolute Gasteiger partial charge is 0.369 e. The Morgan fingerprint density at radius 1 is 1.53 bits per heavy atom. The van der Waals surface area contributed by atoms with E-state index in [0.29, 0.717) is 6.54 Å². The zero-order valence-corrected chi connectivity index (χ0v) is 12.0. The first-order chi connectivity index (χ1) is 8.20. The highest BCUT2D eigenvalue weighted by atomic mass is 79.9. The molecule has 2 aromatic heterocycles. The summed E-state index contributed by atoms with van der Waals surface area (Å²) >= 11 is 5.18. The van der Waals surface area contributed by atoms with Crippen LogP contribution in [0.4, 0.5) is 5.69 Å². The van der Waals surface area contributed by atoms with Crippen LogP contribution in [0.5, 0.6) is 0 Å². The van der Waals surface area contributed by atoms with Gasteiger partial charge in [0.2, 0.25) is 0 Å². The van der Waals surface area contributed by atoms with E-state index in [1.807, 2.05) is 12.3 Å². The van der Waals surface area contributed by atoms with E-state index < -0.39 is 0 Å². The number of rotatable bonds is 4. The molecule has 0 radical (unpaired) electrons. The van der Waals surface area contributed by atoms with Crippen LogP contribution in [-0.2, 0) is 13.1 Å². The van der Waals surface area contributed by atoms with Gasteiger partial charge in [-0.1, -0.05) is 0 Å². The van der Waals surface area contributed by atoms with Crippen LogP contribution in [0.25, 0.3) is 0 Å². The SMILES string of the molecule is CN(Cc1csc(Br)c1)c1cnccc1CN. The number of hydrogen-bond donors (Lipinski definition) is 1. The number of nitrogens with two attached hydrogens (primary N) is 1. The van der Waals surface area contributed by atoms with E-state index in [-0.39, 0.29) is 0 Å². The lowest BCUT2D eigenvalue weighted by Gasteiger charge is -2.20. The molecule has 0 spiro atoms. The van der Waals surface area contributed by atoms with Crippen LogP contribution in [0.15, 0.2) is 33.7 Å². The third kappa shape index (κ3) is 3.06. The van der Waals surface area contributed by atoms with Crippen molar-refractivity contribution in [3.63, 3.8) is 0 Å². The summed E-state index contributed by atoms with van der Waals surface area (Å²) in [6, 6.07) is 4.11. The summed E-state index contributed by atoms with van der Waals surface area (Å²) in [6.45, 7) is 1.40. The van der Waals surface area contributed by atoms with Gasteiger partial charge in [0.15, 0.2) is 0 Å². The van der Waals surface area contributed by atoms with Gasteiger partial charge in [0.1, 0.15) is 0 Å². The van der Waals surface area contributed by atoms with Crippen LogP contribution >= 0.6 is 27.3 Å². The number of thiophene rings is 1. The quantitative estimate of drug-likeness (QED) is 0.944. The van der Waals surface area contributed by atoms with Crippen molar-refractivity contribution in [1.29, 1.82) is 0 Å². The maximum absolute atomic E-state index is 5.73. The van der Waals surface area contributed by atoms with Crippen LogP contribution < -0.4 is 10.6 Å². The van der Waals surface area contributed by atoms with Crippen LogP contribution in [-0.4, -0.2) is 12.0 Å². The molecular weight excluding hydrogens is 298 g/mol. The summed E-state index contributed by atoms with van der Waals surface area (Å²) in [5.41, 5.74) is 9.23. The summed E-state index contributed by atoms with van der Waals surface area (Å²) < 4.78 is 1.16. The maximum atomic E-state index is 5.73. The van der Waals surface area contributed by atoms with Gasteiger partial charge < -0.3 is 10.6 Å². The van der Waals surface area contributed by atoms with E-state index in [2.05, 4.69) is 44.3 Å². The van der Waals surface area contributed by atoms with Crippen LogP contribution in [0, 0.1) is 0 Å². The van der Waals surface area contributed by atoms with Gasteiger partial charge in [-0.3, -0.25) is 4.98 Å². The summed E-state index contributed by atoms with van der Waals surface area (Å²) in [4.78, 5) is 6.33. The second-order valence-electron chi connectivity index (χ2n) is 3.82. The van der Waals surface area contributed by atoms with E-state index >= 15 is 0 Å². The van der Waals surface area contributed by atoms with Crippen molar-refractivity contribution in [2.24, 2.45) is 5.73 Å². The fraction of sp³-hybridized carbons (Fsp3) is 0.250. The minimum absolute atomic E-state index is 0.537. The third-order valence-electron chi connectivity index (χ3n) is 2.56. The van der Waals surface area contributed by atoms with Gasteiger partial charge in [0, 0.05) is 26.3 Å². The molecule has 2 N–H and O–H groups in total. The number of anilines is 1. The molecule has 2 heterocycles. The summed E-state index contributed by atoms with van der Waals surface area (Å²) in [5.74, 6) is 0. The van der Waals surface area contributed by atoms with Crippen molar-refractivity contribution < 1.29 is 0 Å². The first-order valence-corrected chi connectivity index (χ1v) is 6.95. The molecule has 0 amide bonds. The lowest BCUT2D eigenvalue weighted by molar-refractivity contribution is 0.900. The zero-order chi connectivity index (χ0) is 12.3. The summed E-state index contributed by atoms with van der Waals surface area (Å²) in [6.07, 6.45) is 3.64. The molecule has 0 aliphatic rings. The molecule has 17 heavy (non-hydrogen) atoms. The van der Waals surface area contributed by atoms with Crippen molar-refractivity contribution in [2.45, 2.75) is 13.1 Å². The molecule has 0 unspecified atom stereocenters. The average molecular weight is 312 g/mol. The van der Waals surface area contributed by atoms with Gasteiger partial charge in [-0.2, -0.15) is 0 Å². The second-order valence-corrected chi connectivity index (χ2v) is 6.11. The van der Waals surface area contributed by atoms with Crippen LogP contribution in [0.2, 0.25) is 0 Å². The monoisotopic (exact) mass is 311 g/mol. The van der Waals surface area contributed by atoms with Gasteiger partial charge in [0.25, 0.3) is 0 Å². The Kier molecular flexibility index (Phi) is 4.15. The summed E-state index contributed by atoms with van der Waals surface area (Å²) in [7, 11) is 2.06. The predicted molar refractivity (Wildman–Crippen MR) is 76.3 cm³/mol. The lowest BCUT2D eigenvalue weighted by atomic mass is 10.2. The van der Waals surface area contributed by atoms with Gasteiger partial charge in [-0.05, 0) is 44.6 Å². The minimum atomic E-state index is 0.537. The molecule has 90 valence electrons. The van der Waals surface area contributed by atoms with E-state index in [4.69, 9.17) is 5.73 Å². The standard InChI is InChI=1S/C12H14BrN3S/c1-16(7-9-4-12(13)17-8-9)11-6-15-3-2-10(11)5-14/h2-4,6,8H,5,7,14H2,1H3. The molecule has 0 saturated carbocycles. The van der Waals surface area contributed by atoms with E-state index in [1.54, 1.807) is 17.5 Å². The van der Waals surface area contributed by atoms with Gasteiger partial charge >= 0.3 is 0 Å². The molecule has 0 atom stereocenters. The molecule has 0 aliphatic heterocycles. The molecule has 3 nitrogen and oxygen atoms in total. The number of nitrogens with zero attached hydrogens (tertiary/aromatic N) is 2. The minimum Gasteiger partial charge on any atom is -0.369 e. The topological polar surface area (TPSA) is 42.2 Å². The lowest BCUT2D eigenvalue weighted by Crippen LogP contribution is -2.18. The van der Waals surface area contributed by atoms with Crippen LogP contribution in [0.3, 0.4) is 0 Å². The molecule has 2 rings (SSSR count). The molecule has 2 aromatic rings. The smallest absolute Gasteiger partial charge is 0.0701 e. The average Bonchev–Trinajstić information content (AvgIpc) is 2.74. The van der Waals surface area contributed by atoms with Gasteiger partial charge in [-0.15, -0.1) is 11.3 Å². The Morgan fingerprint density at radius 2 is 2.35 bits per heavy atom. The molecule has 0 saturated heterocycles. The molecule has 0 aromatic carbocycles. The van der Waals surface area contributed by atoms with Crippen LogP contribution in [0.1, 0.15) is 11.1 Å². The van der Waals surface area contributed by atoms with Crippen molar-refractivity contribution >= 4 is 33.0 Å². The highest BCUT2D eigenvalue weighted by molar-refractivity contribution is 9.11. The normalized spacial score (nSPS) is 10.5. The third-order valence-corrected chi connectivity index (χ3v) is 4.11. The molecule has 5 heteroatoms. The van der Waals surface area contributed by atoms with Crippen molar-refractivity contribution in [2.75, 3.05) is 11.9 Å². The maximum Gasteiger partial charge on any atom is 0.0701 e. The Labute approximate surface area is 113 Å². The van der Waals surface area contributed by atoms with E-state index in [1.165, 1.54) is 5.56 Å². The Morgan fingerprint density at radius 3 is 3.00 bits per heavy atom. The van der Waals surface area contributed by atoms with Crippen molar-refractivity contribution in [3.05, 3.63) is 44.8 Å². The summed E-state index contributed by atoms with van der Waals surface area (Å²) in [5, 5.41) is 2.15. The fourth-order valence-electron chi connectivity index (χ4n) is 1.72. The molecule has 0 fully saturated rings. The molecular formula is C12H14BrN3S.